The maximum absolute atomic E-state index is 10.7. The van der Waals surface area contributed by atoms with E-state index in [1.165, 1.54) is 225 Å². The van der Waals surface area contributed by atoms with E-state index in [9.17, 15) is 4.79 Å². The third-order valence-electron chi connectivity index (χ3n) is 10.9. The molecule has 328 valence electrons. The number of unbranched alkanes of at least 4 members (excludes halogenated alkanes) is 25. The molecule has 0 rings (SSSR count). The van der Waals surface area contributed by atoms with E-state index >= 15 is 0 Å². The number of carbonyl (C=O) groups excluding carboxylic acids is 1. The number of ether oxygens (including phenoxy) is 1. The first kappa shape index (κ1) is 60.1. The van der Waals surface area contributed by atoms with Gasteiger partial charge in [-0.25, -0.2) is 0 Å². The van der Waals surface area contributed by atoms with E-state index in [-0.39, 0.29) is 0 Å². The minimum absolute atomic E-state index is 0.344. The molecule has 0 aromatic heterocycles. The first-order valence-electron chi connectivity index (χ1n) is 25.1. The molecule has 0 heterocycles. The maximum Gasteiger partial charge on any atom is 0.123 e. The van der Waals surface area contributed by atoms with Gasteiger partial charge in [0.2, 0.25) is 0 Å². The van der Waals surface area contributed by atoms with Crippen molar-refractivity contribution in [1.82, 2.24) is 0 Å². The Kier molecular flexibility index (Phi) is 65.7. The molecule has 0 aliphatic rings. The van der Waals surface area contributed by atoms with Gasteiger partial charge in [0, 0.05) is 19.6 Å². The predicted molar refractivity (Wildman–Crippen MR) is 250 cm³/mol. The van der Waals surface area contributed by atoms with E-state index in [1.807, 2.05) is 0 Å². The topological polar surface area (TPSA) is 26.3 Å². The molecule has 2 heteroatoms. The zero-order valence-corrected chi connectivity index (χ0v) is 39.6. The van der Waals surface area contributed by atoms with Crippen molar-refractivity contribution >= 4 is 6.29 Å². The van der Waals surface area contributed by atoms with Gasteiger partial charge >= 0.3 is 0 Å². The Bertz CT molecular complexity index is 616. The van der Waals surface area contributed by atoms with Gasteiger partial charge in [0.05, 0.1) is 0 Å². The van der Waals surface area contributed by atoms with Crippen LogP contribution in [-0.4, -0.2) is 20.0 Å². The first-order valence-corrected chi connectivity index (χ1v) is 25.1. The van der Waals surface area contributed by atoms with Gasteiger partial charge in [-0.3, -0.25) is 0 Å². The molecule has 0 bridgehead atoms. The Morgan fingerprint density at radius 1 is 0.407 bits per heavy atom. The van der Waals surface area contributed by atoms with Crippen molar-refractivity contribution in [1.29, 1.82) is 0 Å². The molecule has 0 fully saturated rings. The lowest BCUT2D eigenvalue weighted by Gasteiger charge is -2.19. The largest absolute Gasteiger partial charge is 0.385 e. The fourth-order valence-corrected chi connectivity index (χ4v) is 7.00. The van der Waals surface area contributed by atoms with Crippen LogP contribution in [0.15, 0.2) is 12.2 Å². The minimum atomic E-state index is 0.344. The van der Waals surface area contributed by atoms with Crippen molar-refractivity contribution in [3.8, 4) is 0 Å². The van der Waals surface area contributed by atoms with Gasteiger partial charge in [0.15, 0.2) is 0 Å². The van der Waals surface area contributed by atoms with E-state index in [4.69, 9.17) is 4.74 Å². The number of allylic oxidation sites excluding steroid dienone is 1. The smallest absolute Gasteiger partial charge is 0.123 e. The Morgan fingerprint density at radius 2 is 0.722 bits per heavy atom. The minimum Gasteiger partial charge on any atom is -0.385 e. The van der Waals surface area contributed by atoms with Crippen LogP contribution in [0.3, 0.4) is 0 Å². The summed E-state index contributed by atoms with van der Waals surface area (Å²) in [7, 11) is 1.78. The monoisotopic (exact) mass is 765 g/mol. The van der Waals surface area contributed by atoms with Crippen LogP contribution in [0.2, 0.25) is 0 Å². The lowest BCUT2D eigenvalue weighted by Crippen LogP contribution is -2.04. The van der Waals surface area contributed by atoms with Gasteiger partial charge in [-0.15, -0.1) is 0 Å². The summed E-state index contributed by atoms with van der Waals surface area (Å²) in [6, 6.07) is 0. The van der Waals surface area contributed by atoms with E-state index in [1.54, 1.807) is 12.7 Å². The summed E-state index contributed by atoms with van der Waals surface area (Å²) in [5, 5.41) is 0. The molecule has 0 N–H and O–H groups in total. The zero-order valence-electron chi connectivity index (χ0n) is 39.6. The van der Waals surface area contributed by atoms with Crippen molar-refractivity contribution < 1.29 is 9.53 Å². The summed E-state index contributed by atoms with van der Waals surface area (Å²) < 4.78 is 4.99. The molecule has 2 atom stereocenters. The molecule has 0 radical (unpaired) electrons. The third kappa shape index (κ3) is 58.1. The van der Waals surface area contributed by atoms with E-state index in [2.05, 4.69) is 62.0 Å². The number of hydrogen-bond acceptors (Lipinski definition) is 2. The van der Waals surface area contributed by atoms with Gasteiger partial charge in [-0.2, -0.15) is 0 Å². The second-order valence-electron chi connectivity index (χ2n) is 16.6. The average Bonchev–Trinajstić information content (AvgIpc) is 3.18. The van der Waals surface area contributed by atoms with Crippen LogP contribution >= 0.6 is 0 Å². The van der Waals surface area contributed by atoms with E-state index in [0.717, 1.165) is 31.7 Å². The second kappa shape index (κ2) is 59.1. The molecule has 0 saturated heterocycles. The molecule has 0 spiro atoms. The average molecular weight is 765 g/mol. The van der Waals surface area contributed by atoms with Crippen molar-refractivity contribution in [2.45, 2.75) is 293 Å². The second-order valence-corrected chi connectivity index (χ2v) is 16.6. The van der Waals surface area contributed by atoms with E-state index in [0.29, 0.717) is 5.92 Å². The predicted octanol–water partition coefficient (Wildman–Crippen LogP) is 19.2. The Balaban J connectivity index is -0.000000351. The molecule has 0 aliphatic carbocycles. The number of carbonyl (C=O) groups is 1. The van der Waals surface area contributed by atoms with Crippen LogP contribution in [0.5, 0.6) is 0 Å². The molecular formula is C52H108O2. The van der Waals surface area contributed by atoms with Gasteiger partial charge < -0.3 is 9.53 Å². The van der Waals surface area contributed by atoms with Crippen molar-refractivity contribution in [2.75, 3.05) is 13.7 Å². The molecular weight excluding hydrogens is 657 g/mol. The van der Waals surface area contributed by atoms with Gasteiger partial charge in [-0.05, 0) is 50.9 Å². The van der Waals surface area contributed by atoms with Gasteiger partial charge in [0.25, 0.3) is 0 Å². The lowest BCUT2D eigenvalue weighted by atomic mass is 9.86. The maximum atomic E-state index is 10.7. The van der Waals surface area contributed by atoms with Crippen LogP contribution < -0.4 is 0 Å². The van der Waals surface area contributed by atoms with Gasteiger partial charge in [-0.1, -0.05) is 260 Å². The molecule has 2 nitrogen and oxygen atoms in total. The Labute approximate surface area is 345 Å². The number of rotatable bonds is 39. The highest BCUT2D eigenvalue weighted by Gasteiger charge is 2.12. The summed E-state index contributed by atoms with van der Waals surface area (Å²) in [6.45, 7) is 23.4. The molecule has 0 aromatic rings. The van der Waals surface area contributed by atoms with E-state index < -0.39 is 0 Å². The fraction of sp³-hybridized carbons (Fsp3) is 0.942. The highest BCUT2D eigenvalue weighted by Crippen LogP contribution is 2.27. The van der Waals surface area contributed by atoms with Crippen LogP contribution in [0.25, 0.3) is 0 Å². The summed E-state index contributed by atoms with van der Waals surface area (Å²) in [5.41, 5.74) is 1.57. The zero-order chi connectivity index (χ0) is 41.0. The number of aldehydes is 1. The fourth-order valence-electron chi connectivity index (χ4n) is 7.00. The van der Waals surface area contributed by atoms with Crippen LogP contribution in [0, 0.1) is 11.8 Å². The molecule has 0 aliphatic heterocycles. The highest BCUT2D eigenvalue weighted by molar-refractivity contribution is 5.53. The summed E-state index contributed by atoms with van der Waals surface area (Å²) >= 11 is 0. The Morgan fingerprint density at radius 3 is 1.11 bits per heavy atom. The standard InChI is InChI=1S/C24H48.C12H24O.C11H24O.C5H12/c1-5-8-11-13-14-15-16-17-18-20-23(4)24(21-10-7-3)22-19-12-9-6-2;1-3-5-7-8-10-12(11-13)9-6-4-2;1-3-4-5-6-7-8-9-10-11-12-2;1-3-5-4-2/h24H,4-22H2,1-3H3;11-12H,3-10H2,1-2H3;3-11H2,1-2H3;3-5H2,1-2H3. The van der Waals surface area contributed by atoms with Crippen LogP contribution in [0.1, 0.15) is 293 Å². The number of methoxy groups -OCH3 is 1. The van der Waals surface area contributed by atoms with Crippen molar-refractivity contribution in [2.24, 2.45) is 11.8 Å². The van der Waals surface area contributed by atoms with Crippen LogP contribution in [0.4, 0.5) is 0 Å². The summed E-state index contributed by atoms with van der Waals surface area (Å²) in [4.78, 5) is 10.7. The van der Waals surface area contributed by atoms with Crippen molar-refractivity contribution in [3.63, 3.8) is 0 Å². The molecule has 2 unspecified atom stereocenters. The Hall–Kier alpha value is -0.630. The molecule has 0 saturated carbocycles. The third-order valence-corrected chi connectivity index (χ3v) is 10.9. The van der Waals surface area contributed by atoms with Crippen LogP contribution in [-0.2, 0) is 9.53 Å². The summed E-state index contributed by atoms with van der Waals surface area (Å²) in [5.74, 6) is 1.16. The van der Waals surface area contributed by atoms with Gasteiger partial charge in [0.1, 0.15) is 6.29 Å². The molecule has 0 amide bonds. The van der Waals surface area contributed by atoms with Crippen molar-refractivity contribution in [3.05, 3.63) is 12.2 Å². The SMILES string of the molecule is C=C(CCCCCCCCCCC)C(CCCC)CCCCCC.CCCCC.CCCCCCC(C=O)CCCC.CCCCCCCCCCOC. The first-order chi connectivity index (χ1) is 26.4. The number of hydrogen-bond donors (Lipinski definition) is 0. The molecule has 54 heavy (non-hydrogen) atoms. The molecule has 0 aromatic carbocycles. The normalized spacial score (nSPS) is 11.7. The highest BCUT2D eigenvalue weighted by atomic mass is 16.5. The lowest BCUT2D eigenvalue weighted by molar-refractivity contribution is -0.111. The quantitative estimate of drug-likeness (QED) is 0.0354. The summed E-state index contributed by atoms with van der Waals surface area (Å²) in [6.07, 6.45) is 51.2.